The molecule has 0 unspecified atom stereocenters. The highest BCUT2D eigenvalue weighted by Gasteiger charge is 2.22. The summed E-state index contributed by atoms with van der Waals surface area (Å²) >= 11 is 0. The fourth-order valence-corrected chi connectivity index (χ4v) is 4.34. The first kappa shape index (κ1) is 31.8. The van der Waals surface area contributed by atoms with Crippen LogP contribution in [0.1, 0.15) is 32.6 Å². The lowest BCUT2D eigenvalue weighted by atomic mass is 10.0. The number of aliphatic carboxylic acids is 2. The van der Waals surface area contributed by atoms with Gasteiger partial charge in [0, 0.05) is 43.9 Å². The van der Waals surface area contributed by atoms with Crippen molar-refractivity contribution in [1.82, 2.24) is 9.80 Å². The second-order valence-electron chi connectivity index (χ2n) is 9.66. The first-order valence-corrected chi connectivity index (χ1v) is 13.1. The lowest BCUT2D eigenvalue weighted by Crippen LogP contribution is -2.49. The van der Waals surface area contributed by atoms with Crippen molar-refractivity contribution in [2.45, 2.75) is 20.4 Å². The summed E-state index contributed by atoms with van der Waals surface area (Å²) in [5.41, 5.74) is 4.49. The minimum atomic E-state index is -1.82. The number of carboxylic acid groups (broad SMARTS) is 2. The number of carbonyl (C=O) groups is 4. The number of rotatable bonds is 8. The molecule has 0 bridgehead atoms. The molecule has 3 aromatic rings. The van der Waals surface area contributed by atoms with E-state index in [9.17, 15) is 14.0 Å². The van der Waals surface area contributed by atoms with Gasteiger partial charge in [-0.05, 0) is 85.1 Å². The van der Waals surface area contributed by atoms with Gasteiger partial charge < -0.3 is 24.6 Å². The minimum absolute atomic E-state index is 0.0535. The Labute approximate surface area is 242 Å². The third kappa shape index (κ3) is 8.87. The van der Waals surface area contributed by atoms with Crippen molar-refractivity contribution in [3.05, 3.63) is 94.3 Å². The molecule has 0 saturated carbocycles. The normalized spacial score (nSPS) is 13.0. The van der Waals surface area contributed by atoms with Crippen molar-refractivity contribution in [2.75, 3.05) is 39.9 Å². The molecule has 0 spiro atoms. The van der Waals surface area contributed by atoms with Gasteiger partial charge in [-0.2, -0.15) is 0 Å². The van der Waals surface area contributed by atoms with Crippen LogP contribution in [0, 0.1) is 19.7 Å². The quantitative estimate of drug-likeness (QED) is 0.303. The van der Waals surface area contributed by atoms with E-state index in [1.807, 2.05) is 4.90 Å². The highest BCUT2D eigenvalue weighted by atomic mass is 19.1. The van der Waals surface area contributed by atoms with Crippen molar-refractivity contribution < 1.29 is 43.3 Å². The van der Waals surface area contributed by atoms with E-state index >= 15 is 0 Å². The molecule has 1 heterocycles. The van der Waals surface area contributed by atoms with Gasteiger partial charge in [0.1, 0.15) is 17.3 Å². The summed E-state index contributed by atoms with van der Waals surface area (Å²) < 4.78 is 24.2. The molecular formula is C31H33FN2O8. The van der Waals surface area contributed by atoms with Crippen LogP contribution in [0.2, 0.25) is 0 Å². The molecule has 2 N–H and O–H groups in total. The Kier molecular flexibility index (Phi) is 11.1. The number of ether oxygens (including phenoxy) is 2. The molecule has 1 fully saturated rings. The molecule has 0 aromatic heterocycles. The number of carboxylic acids is 2. The van der Waals surface area contributed by atoms with E-state index in [0.717, 1.165) is 30.9 Å². The predicted molar refractivity (Wildman–Crippen MR) is 151 cm³/mol. The van der Waals surface area contributed by atoms with Crippen LogP contribution in [0.4, 0.5) is 4.39 Å². The van der Waals surface area contributed by atoms with Crippen LogP contribution in [0.5, 0.6) is 11.5 Å². The molecule has 0 atom stereocenters. The average Bonchev–Trinajstić information content (AvgIpc) is 2.98. The molecule has 1 saturated heterocycles. The Morgan fingerprint density at radius 1 is 0.810 bits per heavy atom. The molecular weight excluding hydrogens is 547 g/mol. The number of aryl methyl sites for hydroxylation is 2. The van der Waals surface area contributed by atoms with Crippen LogP contribution < -0.4 is 9.47 Å². The molecule has 1 aliphatic rings. The molecule has 222 valence electrons. The molecule has 1 aliphatic heterocycles. The minimum Gasteiger partial charge on any atom is -0.496 e. The monoisotopic (exact) mass is 580 g/mol. The molecule has 3 aromatic carbocycles. The van der Waals surface area contributed by atoms with Crippen LogP contribution >= 0.6 is 0 Å². The maximum atomic E-state index is 13.1. The zero-order valence-corrected chi connectivity index (χ0v) is 23.6. The average molecular weight is 581 g/mol. The number of hydrogen-bond acceptors (Lipinski definition) is 7. The predicted octanol–water partition coefficient (Wildman–Crippen LogP) is 3.56. The van der Waals surface area contributed by atoms with Gasteiger partial charge in [-0.1, -0.05) is 6.07 Å². The zero-order chi connectivity index (χ0) is 30.8. The van der Waals surface area contributed by atoms with Crippen molar-refractivity contribution in [1.29, 1.82) is 0 Å². The van der Waals surface area contributed by atoms with Crippen molar-refractivity contribution >= 4 is 23.6 Å². The highest BCUT2D eigenvalue weighted by molar-refractivity contribution is 6.27. The third-order valence-electron chi connectivity index (χ3n) is 6.74. The Morgan fingerprint density at radius 3 is 1.88 bits per heavy atom. The molecule has 11 heteroatoms. The maximum Gasteiger partial charge on any atom is 0.414 e. The van der Waals surface area contributed by atoms with E-state index in [1.54, 1.807) is 31.4 Å². The lowest BCUT2D eigenvalue weighted by molar-refractivity contribution is -0.159. The van der Waals surface area contributed by atoms with Crippen LogP contribution in [0.3, 0.4) is 0 Å². The standard InChI is InChI=1S/C29H31FN2O4.C2H2O4/c1-20-17-27(35-3)21(2)16-24(20)18-31-12-14-32(15-13-31)28(33)19-36-26-10-6-23(7-11-26)29(34)22-4-8-25(30)9-5-22;3-1(4)2(5)6/h4-11,16-17H,12-15,18-19H2,1-3H3;(H,3,4)(H,5,6). The topological polar surface area (TPSA) is 134 Å². The second kappa shape index (κ2) is 14.7. The van der Waals surface area contributed by atoms with Gasteiger partial charge in [-0.15, -0.1) is 0 Å². The Bertz CT molecular complexity index is 1400. The molecule has 10 nitrogen and oxygen atoms in total. The van der Waals surface area contributed by atoms with E-state index in [4.69, 9.17) is 29.3 Å². The van der Waals surface area contributed by atoms with E-state index in [1.165, 1.54) is 35.4 Å². The summed E-state index contributed by atoms with van der Waals surface area (Å²) in [5, 5.41) is 14.8. The molecule has 4 rings (SSSR count). The van der Waals surface area contributed by atoms with E-state index in [2.05, 4.69) is 30.9 Å². The van der Waals surface area contributed by atoms with Gasteiger partial charge >= 0.3 is 11.9 Å². The number of nitrogens with zero attached hydrogens (tertiary/aromatic N) is 2. The van der Waals surface area contributed by atoms with Gasteiger partial charge in [0.25, 0.3) is 5.91 Å². The Morgan fingerprint density at radius 2 is 1.36 bits per heavy atom. The van der Waals surface area contributed by atoms with Gasteiger partial charge in [0.2, 0.25) is 0 Å². The van der Waals surface area contributed by atoms with E-state index in [-0.39, 0.29) is 24.1 Å². The summed E-state index contributed by atoms with van der Waals surface area (Å²) in [4.78, 5) is 47.6. The first-order valence-electron chi connectivity index (χ1n) is 13.1. The molecule has 42 heavy (non-hydrogen) atoms. The van der Waals surface area contributed by atoms with Gasteiger partial charge in [0.05, 0.1) is 7.11 Å². The maximum absolute atomic E-state index is 13.1. The SMILES string of the molecule is COc1cc(C)c(CN2CCN(C(=O)COc3ccc(C(=O)c4ccc(F)cc4)cc3)CC2)cc1C.O=C(O)C(=O)O. The highest BCUT2D eigenvalue weighted by Crippen LogP contribution is 2.24. The van der Waals surface area contributed by atoms with Crippen LogP contribution in [-0.4, -0.2) is 83.5 Å². The summed E-state index contributed by atoms with van der Waals surface area (Å²) in [6, 6.07) is 16.3. The lowest BCUT2D eigenvalue weighted by Gasteiger charge is -2.35. The fourth-order valence-electron chi connectivity index (χ4n) is 4.34. The number of methoxy groups -OCH3 is 1. The number of carbonyl (C=O) groups excluding carboxylic acids is 2. The summed E-state index contributed by atoms with van der Waals surface area (Å²) in [7, 11) is 1.69. The van der Waals surface area contributed by atoms with Crippen LogP contribution in [0.15, 0.2) is 60.7 Å². The molecule has 0 radical (unpaired) electrons. The number of benzene rings is 3. The Hall–Kier alpha value is -4.77. The molecule has 1 amide bonds. The fraction of sp³-hybridized carbons (Fsp3) is 0.290. The first-order chi connectivity index (χ1) is 20.0. The third-order valence-corrected chi connectivity index (χ3v) is 6.74. The number of halogens is 1. The van der Waals surface area contributed by atoms with E-state index in [0.29, 0.717) is 30.0 Å². The van der Waals surface area contributed by atoms with Crippen molar-refractivity contribution in [3.8, 4) is 11.5 Å². The van der Waals surface area contributed by atoms with Crippen molar-refractivity contribution in [2.24, 2.45) is 0 Å². The van der Waals surface area contributed by atoms with Gasteiger partial charge in [-0.3, -0.25) is 14.5 Å². The second-order valence-corrected chi connectivity index (χ2v) is 9.66. The Balaban J connectivity index is 0.000000730. The molecule has 0 aliphatic carbocycles. The largest absolute Gasteiger partial charge is 0.496 e. The smallest absolute Gasteiger partial charge is 0.414 e. The van der Waals surface area contributed by atoms with Crippen LogP contribution in [0.25, 0.3) is 0 Å². The number of amides is 1. The number of hydrogen-bond donors (Lipinski definition) is 2. The van der Waals surface area contributed by atoms with Gasteiger partial charge in [0.15, 0.2) is 12.4 Å². The summed E-state index contributed by atoms with van der Waals surface area (Å²) in [6.07, 6.45) is 0. The number of ketones is 1. The van der Waals surface area contributed by atoms with E-state index < -0.39 is 11.9 Å². The summed E-state index contributed by atoms with van der Waals surface area (Å²) in [5.74, 6) is -2.87. The zero-order valence-electron chi connectivity index (χ0n) is 23.6. The van der Waals surface area contributed by atoms with Crippen LogP contribution in [-0.2, 0) is 20.9 Å². The van der Waals surface area contributed by atoms with Gasteiger partial charge in [-0.25, -0.2) is 14.0 Å². The number of piperazine rings is 1. The van der Waals surface area contributed by atoms with Crippen molar-refractivity contribution in [3.63, 3.8) is 0 Å². The summed E-state index contributed by atoms with van der Waals surface area (Å²) in [6.45, 7) is 7.85.